The van der Waals surface area contributed by atoms with Crippen LogP contribution in [0.5, 0.6) is 0 Å². The summed E-state index contributed by atoms with van der Waals surface area (Å²) in [5.74, 6) is 0. The van der Waals surface area contributed by atoms with Crippen LogP contribution in [0, 0.1) is 0 Å². The number of rotatable bonds is 7. The van der Waals surface area contributed by atoms with Gasteiger partial charge in [0.05, 0.1) is 28.8 Å². The molecular weight excluding hydrogens is 522 g/mol. The highest BCUT2D eigenvalue weighted by atomic mass is 35.5. The third-order valence-electron chi connectivity index (χ3n) is 6.07. The summed E-state index contributed by atoms with van der Waals surface area (Å²) in [6, 6.07) is 17.7. The van der Waals surface area contributed by atoms with Crippen molar-refractivity contribution >= 4 is 34.8 Å². The van der Waals surface area contributed by atoms with E-state index in [1.54, 1.807) is 24.3 Å². The summed E-state index contributed by atoms with van der Waals surface area (Å²) < 4.78 is 51.7. The molecule has 1 saturated heterocycles. The molecule has 0 radical (unpaired) electrons. The maximum absolute atomic E-state index is 13.0. The van der Waals surface area contributed by atoms with Crippen molar-refractivity contribution in [1.82, 2.24) is 5.32 Å². The minimum atomic E-state index is -4.39. The second-order valence-electron chi connectivity index (χ2n) is 8.38. The van der Waals surface area contributed by atoms with E-state index in [0.29, 0.717) is 40.1 Å². The Hall–Kier alpha value is -1.80. The van der Waals surface area contributed by atoms with Crippen molar-refractivity contribution in [3.05, 3.63) is 104 Å². The van der Waals surface area contributed by atoms with Gasteiger partial charge in [-0.3, -0.25) is 0 Å². The number of hydrogen-bond acceptors (Lipinski definition) is 3. The molecule has 35 heavy (non-hydrogen) atoms. The average molecular weight is 545 g/mol. The molecule has 0 saturated carbocycles. The van der Waals surface area contributed by atoms with Gasteiger partial charge in [0.25, 0.3) is 0 Å². The molecule has 2 atom stereocenters. The molecule has 2 unspecified atom stereocenters. The first-order chi connectivity index (χ1) is 16.7. The van der Waals surface area contributed by atoms with Crippen LogP contribution in [-0.4, -0.2) is 19.2 Å². The zero-order valence-electron chi connectivity index (χ0n) is 18.5. The Morgan fingerprint density at radius 3 is 2.20 bits per heavy atom. The molecule has 0 aromatic heterocycles. The summed E-state index contributed by atoms with van der Waals surface area (Å²) in [5, 5.41) is 4.84. The number of alkyl halides is 3. The number of ether oxygens (including phenoxy) is 2. The first kappa shape index (κ1) is 26.3. The molecule has 1 aliphatic heterocycles. The molecule has 0 amide bonds. The van der Waals surface area contributed by atoms with E-state index in [4.69, 9.17) is 44.3 Å². The van der Waals surface area contributed by atoms with Gasteiger partial charge in [-0.15, -0.1) is 0 Å². The van der Waals surface area contributed by atoms with Crippen LogP contribution < -0.4 is 5.32 Å². The van der Waals surface area contributed by atoms with E-state index < -0.39 is 17.3 Å². The molecule has 1 fully saturated rings. The minimum absolute atomic E-state index is 0.118. The van der Waals surface area contributed by atoms with Gasteiger partial charge in [-0.2, -0.15) is 13.2 Å². The highest BCUT2D eigenvalue weighted by Crippen LogP contribution is 2.39. The second kappa shape index (κ2) is 11.1. The number of benzene rings is 3. The Morgan fingerprint density at radius 1 is 0.857 bits per heavy atom. The molecule has 0 bridgehead atoms. The molecular formula is C26H23Cl3F3NO2. The Bertz CT molecular complexity index is 1140. The molecule has 3 nitrogen and oxygen atoms in total. The summed E-state index contributed by atoms with van der Waals surface area (Å²) in [7, 11) is 0. The number of nitrogens with one attached hydrogen (secondary N) is 1. The predicted octanol–water partition coefficient (Wildman–Crippen LogP) is 7.66. The third-order valence-corrected chi connectivity index (χ3v) is 7.06. The van der Waals surface area contributed by atoms with E-state index in [0.717, 1.165) is 23.3 Å². The molecule has 0 spiro atoms. The smallest absolute Gasteiger partial charge is 0.369 e. The zero-order valence-corrected chi connectivity index (χ0v) is 20.8. The van der Waals surface area contributed by atoms with Crippen LogP contribution in [-0.2, 0) is 34.5 Å². The average Bonchev–Trinajstić information content (AvgIpc) is 2.84. The first-order valence-corrected chi connectivity index (χ1v) is 12.1. The third kappa shape index (κ3) is 6.31. The first-order valence-electron chi connectivity index (χ1n) is 11.0. The van der Waals surface area contributed by atoms with Crippen molar-refractivity contribution in [2.75, 3.05) is 13.1 Å². The summed E-state index contributed by atoms with van der Waals surface area (Å²) in [6.45, 7) is 1.61. The summed E-state index contributed by atoms with van der Waals surface area (Å²) >= 11 is 18.3. The number of piperidine rings is 1. The second-order valence-corrected chi connectivity index (χ2v) is 9.63. The van der Waals surface area contributed by atoms with Crippen molar-refractivity contribution in [3.8, 4) is 0 Å². The van der Waals surface area contributed by atoms with E-state index >= 15 is 0 Å². The standard InChI is InChI=1S/C26H23Cl3F3NO2/c27-21-8-6-19(7-9-21)25(35-16-17-1-4-20(5-2-17)26(30,31)32)11-12-33-14-24(25)34-15-18-3-10-22(28)23(29)13-18/h1-10,13,24,33H,11-12,14-16H2. The normalized spacial score (nSPS) is 20.7. The molecule has 3 aromatic carbocycles. The van der Waals surface area contributed by atoms with E-state index in [1.807, 2.05) is 18.2 Å². The van der Waals surface area contributed by atoms with Crippen molar-refractivity contribution in [2.45, 2.75) is 37.5 Å². The number of halogens is 6. The monoisotopic (exact) mass is 543 g/mol. The molecule has 186 valence electrons. The lowest BCUT2D eigenvalue weighted by Gasteiger charge is -2.44. The fourth-order valence-corrected chi connectivity index (χ4v) is 4.61. The molecule has 1 heterocycles. The number of hydrogen-bond donors (Lipinski definition) is 1. The lowest BCUT2D eigenvalue weighted by molar-refractivity contribution is -0.176. The summed E-state index contributed by atoms with van der Waals surface area (Å²) in [5.41, 5.74) is 0.841. The zero-order chi connectivity index (χ0) is 25.1. The molecule has 0 aliphatic carbocycles. The maximum atomic E-state index is 13.0. The van der Waals surface area contributed by atoms with Gasteiger partial charge in [0.1, 0.15) is 11.7 Å². The highest BCUT2D eigenvalue weighted by Gasteiger charge is 2.44. The Kier molecular flexibility index (Phi) is 8.31. The molecule has 9 heteroatoms. The molecule has 1 N–H and O–H groups in total. The van der Waals surface area contributed by atoms with Gasteiger partial charge in [-0.05, 0) is 66.1 Å². The van der Waals surface area contributed by atoms with Crippen LogP contribution in [0.25, 0.3) is 0 Å². The minimum Gasteiger partial charge on any atom is -0.369 e. The predicted molar refractivity (Wildman–Crippen MR) is 132 cm³/mol. The Morgan fingerprint density at radius 2 is 1.54 bits per heavy atom. The fourth-order valence-electron chi connectivity index (χ4n) is 4.17. The van der Waals surface area contributed by atoms with Gasteiger partial charge in [-0.1, -0.05) is 65.1 Å². The van der Waals surface area contributed by atoms with E-state index in [9.17, 15) is 13.2 Å². The molecule has 3 aromatic rings. The maximum Gasteiger partial charge on any atom is 0.416 e. The van der Waals surface area contributed by atoms with Gasteiger partial charge < -0.3 is 14.8 Å². The van der Waals surface area contributed by atoms with E-state index in [2.05, 4.69) is 5.32 Å². The van der Waals surface area contributed by atoms with Crippen molar-refractivity contribution in [3.63, 3.8) is 0 Å². The quantitative estimate of drug-likeness (QED) is 0.331. The fraction of sp³-hybridized carbons (Fsp3) is 0.308. The SMILES string of the molecule is FC(F)(F)c1ccc(COC2(c3ccc(Cl)cc3)CCNCC2OCc2ccc(Cl)c(Cl)c2)cc1. The van der Waals surface area contributed by atoms with Crippen LogP contribution in [0.3, 0.4) is 0 Å². The Labute approximate surface area is 217 Å². The van der Waals surface area contributed by atoms with Gasteiger partial charge in [0.2, 0.25) is 0 Å². The van der Waals surface area contributed by atoms with Crippen LogP contribution in [0.15, 0.2) is 66.7 Å². The summed E-state index contributed by atoms with van der Waals surface area (Å²) in [4.78, 5) is 0. The summed E-state index contributed by atoms with van der Waals surface area (Å²) in [6.07, 6.45) is -4.18. The molecule has 4 rings (SSSR count). The van der Waals surface area contributed by atoms with Crippen LogP contribution in [0.4, 0.5) is 13.2 Å². The highest BCUT2D eigenvalue weighted by molar-refractivity contribution is 6.42. The molecule has 1 aliphatic rings. The van der Waals surface area contributed by atoms with E-state index in [-0.39, 0.29) is 19.3 Å². The van der Waals surface area contributed by atoms with Crippen molar-refractivity contribution in [1.29, 1.82) is 0 Å². The van der Waals surface area contributed by atoms with Gasteiger partial charge >= 0.3 is 6.18 Å². The lowest BCUT2D eigenvalue weighted by atomic mass is 9.82. The van der Waals surface area contributed by atoms with Crippen LogP contribution >= 0.6 is 34.8 Å². The van der Waals surface area contributed by atoms with Gasteiger partial charge in [-0.25, -0.2) is 0 Å². The van der Waals surface area contributed by atoms with Gasteiger partial charge in [0, 0.05) is 11.6 Å². The van der Waals surface area contributed by atoms with Crippen molar-refractivity contribution in [2.24, 2.45) is 0 Å². The lowest BCUT2D eigenvalue weighted by Crippen LogP contribution is -2.54. The topological polar surface area (TPSA) is 30.5 Å². The Balaban J connectivity index is 1.59. The largest absolute Gasteiger partial charge is 0.416 e. The van der Waals surface area contributed by atoms with Gasteiger partial charge in [0.15, 0.2) is 0 Å². The van der Waals surface area contributed by atoms with Crippen LogP contribution in [0.1, 0.15) is 28.7 Å². The van der Waals surface area contributed by atoms with Crippen molar-refractivity contribution < 1.29 is 22.6 Å². The van der Waals surface area contributed by atoms with E-state index in [1.165, 1.54) is 12.1 Å². The van der Waals surface area contributed by atoms with Crippen LogP contribution in [0.2, 0.25) is 15.1 Å².